The van der Waals surface area contributed by atoms with Gasteiger partial charge in [0.25, 0.3) is 0 Å². The minimum atomic E-state index is 0.753. The number of hydrogen-bond acceptors (Lipinski definition) is 5. The lowest BCUT2D eigenvalue weighted by atomic mass is 10.1. The fraction of sp³-hybridized carbons (Fsp3) is 0.733. The van der Waals surface area contributed by atoms with Gasteiger partial charge in [0.2, 0.25) is 0 Å². The lowest BCUT2D eigenvalue weighted by Gasteiger charge is -2.29. The van der Waals surface area contributed by atoms with Crippen molar-refractivity contribution in [3.05, 3.63) is 17.6 Å². The van der Waals surface area contributed by atoms with Gasteiger partial charge in [0.05, 0.1) is 13.2 Å². The summed E-state index contributed by atoms with van der Waals surface area (Å²) in [6, 6.07) is 2.10. The summed E-state index contributed by atoms with van der Waals surface area (Å²) in [5.41, 5.74) is 1.06. The highest BCUT2D eigenvalue weighted by atomic mass is 16.5. The van der Waals surface area contributed by atoms with E-state index < -0.39 is 0 Å². The molecular formula is C15H24N4O. The van der Waals surface area contributed by atoms with Crippen molar-refractivity contribution in [2.24, 2.45) is 5.92 Å². The Morgan fingerprint density at radius 2 is 2.00 bits per heavy atom. The van der Waals surface area contributed by atoms with E-state index in [-0.39, 0.29) is 0 Å². The van der Waals surface area contributed by atoms with Crippen LogP contribution in [0, 0.1) is 19.8 Å². The number of morpholine rings is 1. The molecule has 0 bridgehead atoms. The summed E-state index contributed by atoms with van der Waals surface area (Å²) >= 11 is 0. The molecule has 3 heterocycles. The second-order valence-electron chi connectivity index (χ2n) is 5.93. The van der Waals surface area contributed by atoms with Gasteiger partial charge in [-0.3, -0.25) is 4.90 Å². The van der Waals surface area contributed by atoms with Crippen molar-refractivity contribution in [1.29, 1.82) is 0 Å². The number of aryl methyl sites for hydroxylation is 2. The number of aromatic nitrogens is 2. The van der Waals surface area contributed by atoms with E-state index in [0.717, 1.165) is 62.6 Å². The largest absolute Gasteiger partial charge is 0.379 e. The van der Waals surface area contributed by atoms with Crippen LogP contribution in [0.15, 0.2) is 6.07 Å². The molecule has 0 radical (unpaired) electrons. The van der Waals surface area contributed by atoms with Gasteiger partial charge in [0, 0.05) is 44.5 Å². The van der Waals surface area contributed by atoms with Crippen molar-refractivity contribution >= 4 is 5.82 Å². The Hall–Kier alpha value is -1.20. The maximum atomic E-state index is 5.41. The quantitative estimate of drug-likeness (QED) is 0.831. The average Bonchev–Trinajstić information content (AvgIpc) is 2.87. The minimum absolute atomic E-state index is 0.753. The SMILES string of the molecule is Cc1cc(N2CC[C@@H](CN3CCOCC3)C2)nc(C)n1. The molecule has 1 aromatic heterocycles. The van der Waals surface area contributed by atoms with Crippen LogP contribution in [-0.2, 0) is 4.74 Å². The molecule has 0 saturated carbocycles. The summed E-state index contributed by atoms with van der Waals surface area (Å²) in [5.74, 6) is 2.72. The van der Waals surface area contributed by atoms with Crippen LogP contribution >= 0.6 is 0 Å². The van der Waals surface area contributed by atoms with Crippen molar-refractivity contribution in [3.63, 3.8) is 0 Å². The summed E-state index contributed by atoms with van der Waals surface area (Å²) in [7, 11) is 0. The smallest absolute Gasteiger partial charge is 0.132 e. The third kappa shape index (κ3) is 3.27. The number of hydrogen-bond donors (Lipinski definition) is 0. The van der Waals surface area contributed by atoms with Crippen LogP contribution in [0.2, 0.25) is 0 Å². The summed E-state index contributed by atoms with van der Waals surface area (Å²) in [4.78, 5) is 13.9. The number of anilines is 1. The van der Waals surface area contributed by atoms with Crippen LogP contribution in [0.4, 0.5) is 5.82 Å². The maximum Gasteiger partial charge on any atom is 0.132 e. The first-order valence-electron chi connectivity index (χ1n) is 7.58. The van der Waals surface area contributed by atoms with Crippen LogP contribution in [-0.4, -0.2) is 60.8 Å². The van der Waals surface area contributed by atoms with Crippen LogP contribution in [0.3, 0.4) is 0 Å². The Bertz CT molecular complexity index is 439. The number of ether oxygens (including phenoxy) is 1. The molecule has 1 atom stereocenters. The predicted octanol–water partition coefficient (Wildman–Crippen LogP) is 1.25. The van der Waals surface area contributed by atoms with Crippen molar-refractivity contribution in [3.8, 4) is 0 Å². The van der Waals surface area contributed by atoms with Crippen molar-refractivity contribution in [1.82, 2.24) is 14.9 Å². The molecule has 2 aliphatic rings. The maximum absolute atomic E-state index is 5.41. The van der Waals surface area contributed by atoms with Crippen LogP contribution in [0.5, 0.6) is 0 Å². The zero-order valence-corrected chi connectivity index (χ0v) is 12.5. The lowest BCUT2D eigenvalue weighted by molar-refractivity contribution is 0.0320. The van der Waals surface area contributed by atoms with E-state index in [1.165, 1.54) is 13.0 Å². The van der Waals surface area contributed by atoms with E-state index in [1.54, 1.807) is 0 Å². The van der Waals surface area contributed by atoms with Crippen LogP contribution in [0.1, 0.15) is 17.9 Å². The molecule has 0 N–H and O–H groups in total. The molecule has 0 aliphatic carbocycles. The standard InChI is InChI=1S/C15H24N4O/c1-12-9-15(17-13(2)16-12)19-4-3-14(11-19)10-18-5-7-20-8-6-18/h9,14H,3-8,10-11H2,1-2H3/t14-/m0/s1. The fourth-order valence-corrected chi connectivity index (χ4v) is 3.20. The van der Waals surface area contributed by atoms with Crippen molar-refractivity contribution < 1.29 is 4.74 Å². The Morgan fingerprint density at radius 1 is 1.20 bits per heavy atom. The molecule has 5 heteroatoms. The summed E-state index contributed by atoms with van der Waals surface area (Å²) in [6.07, 6.45) is 1.26. The molecule has 2 fully saturated rings. The van der Waals surface area contributed by atoms with Gasteiger partial charge in [0.15, 0.2) is 0 Å². The van der Waals surface area contributed by atoms with Gasteiger partial charge in [0.1, 0.15) is 11.6 Å². The second-order valence-corrected chi connectivity index (χ2v) is 5.93. The van der Waals surface area contributed by atoms with Crippen LogP contribution in [0.25, 0.3) is 0 Å². The van der Waals surface area contributed by atoms with E-state index >= 15 is 0 Å². The van der Waals surface area contributed by atoms with E-state index in [2.05, 4.69) is 25.8 Å². The van der Waals surface area contributed by atoms with E-state index in [0.29, 0.717) is 0 Å². The zero-order valence-electron chi connectivity index (χ0n) is 12.5. The highest BCUT2D eigenvalue weighted by molar-refractivity contribution is 5.40. The first kappa shape index (κ1) is 13.8. The van der Waals surface area contributed by atoms with Crippen molar-refractivity contribution in [2.75, 3.05) is 50.8 Å². The third-order valence-corrected chi connectivity index (χ3v) is 4.18. The van der Waals surface area contributed by atoms with E-state index in [9.17, 15) is 0 Å². The van der Waals surface area contributed by atoms with E-state index in [1.807, 2.05) is 13.8 Å². The summed E-state index contributed by atoms with van der Waals surface area (Å²) in [6.45, 7) is 11.4. The van der Waals surface area contributed by atoms with Gasteiger partial charge in [-0.25, -0.2) is 9.97 Å². The third-order valence-electron chi connectivity index (χ3n) is 4.18. The molecule has 0 aromatic carbocycles. The number of rotatable bonds is 3. The zero-order chi connectivity index (χ0) is 13.9. The molecule has 1 aromatic rings. The normalized spacial score (nSPS) is 24.3. The first-order chi connectivity index (χ1) is 9.70. The molecule has 5 nitrogen and oxygen atoms in total. The molecule has 20 heavy (non-hydrogen) atoms. The monoisotopic (exact) mass is 276 g/mol. The van der Waals surface area contributed by atoms with Gasteiger partial charge in [-0.05, 0) is 26.2 Å². The Labute approximate surface area is 121 Å². The van der Waals surface area contributed by atoms with Gasteiger partial charge in [-0.1, -0.05) is 0 Å². The summed E-state index contributed by atoms with van der Waals surface area (Å²) < 4.78 is 5.41. The molecule has 2 saturated heterocycles. The number of nitrogens with zero attached hydrogens (tertiary/aromatic N) is 4. The minimum Gasteiger partial charge on any atom is -0.379 e. The molecule has 110 valence electrons. The first-order valence-corrected chi connectivity index (χ1v) is 7.58. The summed E-state index contributed by atoms with van der Waals surface area (Å²) in [5, 5.41) is 0. The molecule has 3 rings (SSSR count). The molecule has 0 spiro atoms. The van der Waals surface area contributed by atoms with Crippen LogP contribution < -0.4 is 4.90 Å². The Balaban J connectivity index is 1.58. The van der Waals surface area contributed by atoms with Crippen molar-refractivity contribution in [2.45, 2.75) is 20.3 Å². The van der Waals surface area contributed by atoms with Gasteiger partial charge < -0.3 is 9.64 Å². The fourth-order valence-electron chi connectivity index (χ4n) is 3.20. The topological polar surface area (TPSA) is 41.5 Å². The van der Waals surface area contributed by atoms with Gasteiger partial charge in [-0.2, -0.15) is 0 Å². The lowest BCUT2D eigenvalue weighted by Crippen LogP contribution is -2.39. The highest BCUT2D eigenvalue weighted by Gasteiger charge is 2.26. The molecule has 0 unspecified atom stereocenters. The molecule has 2 aliphatic heterocycles. The predicted molar refractivity (Wildman–Crippen MR) is 79.1 cm³/mol. The van der Waals surface area contributed by atoms with Gasteiger partial charge >= 0.3 is 0 Å². The average molecular weight is 276 g/mol. The Morgan fingerprint density at radius 3 is 2.75 bits per heavy atom. The molecule has 0 amide bonds. The van der Waals surface area contributed by atoms with Gasteiger partial charge in [-0.15, -0.1) is 0 Å². The highest BCUT2D eigenvalue weighted by Crippen LogP contribution is 2.23. The van der Waals surface area contributed by atoms with E-state index in [4.69, 9.17) is 4.74 Å². The Kier molecular flexibility index (Phi) is 4.17. The molecular weight excluding hydrogens is 252 g/mol. The second kappa shape index (κ2) is 6.06.